The highest BCUT2D eigenvalue weighted by molar-refractivity contribution is 5.86. The number of piperidine rings is 1. The number of aliphatic carboxylic acids is 1. The highest BCUT2D eigenvalue weighted by atomic mass is 16.4. The molecule has 1 saturated heterocycles. The predicted octanol–water partition coefficient (Wildman–Crippen LogP) is 0.320. The number of nitrogens with zero attached hydrogens (tertiary/aromatic N) is 2. The van der Waals surface area contributed by atoms with Gasteiger partial charge in [-0.1, -0.05) is 0 Å². The summed E-state index contributed by atoms with van der Waals surface area (Å²) in [6.07, 6.45) is 2.66. The van der Waals surface area contributed by atoms with Crippen molar-refractivity contribution in [3.8, 4) is 0 Å². The van der Waals surface area contributed by atoms with Crippen LogP contribution in [0.3, 0.4) is 0 Å². The van der Waals surface area contributed by atoms with Crippen LogP contribution in [0, 0.1) is 5.92 Å². The van der Waals surface area contributed by atoms with Gasteiger partial charge in [0.25, 0.3) is 0 Å². The molecule has 1 unspecified atom stereocenters. The molecule has 2 amide bonds. The molecule has 1 aliphatic heterocycles. The second-order valence-electron chi connectivity index (χ2n) is 5.26. The molecule has 1 saturated carbocycles. The number of carboxylic acids is 1. The Kier molecular flexibility index (Phi) is 4.07. The standard InChI is InChI=1S/C13H20N2O4/c1-2-15(10-4-5-10)12(17)8-14-7-9(13(18)19)3-6-11(14)16/h9-10H,2-8H2,1H3,(H,18,19). The summed E-state index contributed by atoms with van der Waals surface area (Å²) in [5, 5.41) is 9.00. The number of likely N-dealkylation sites (tertiary alicyclic amines) is 1. The van der Waals surface area contributed by atoms with Crippen LogP contribution in [0.1, 0.15) is 32.6 Å². The molecule has 2 rings (SSSR count). The van der Waals surface area contributed by atoms with E-state index >= 15 is 0 Å². The van der Waals surface area contributed by atoms with Crippen molar-refractivity contribution in [1.82, 2.24) is 9.80 Å². The second-order valence-corrected chi connectivity index (χ2v) is 5.26. The first kappa shape index (κ1) is 13.8. The van der Waals surface area contributed by atoms with Crippen molar-refractivity contribution in [3.05, 3.63) is 0 Å². The summed E-state index contributed by atoms with van der Waals surface area (Å²) in [5.41, 5.74) is 0. The third-order valence-corrected chi connectivity index (χ3v) is 3.82. The Balaban J connectivity index is 1.94. The van der Waals surface area contributed by atoms with Crippen molar-refractivity contribution in [3.63, 3.8) is 0 Å². The molecule has 1 atom stereocenters. The summed E-state index contributed by atoms with van der Waals surface area (Å²) in [6.45, 7) is 2.75. The Bertz CT molecular complexity index is 392. The molecule has 19 heavy (non-hydrogen) atoms. The number of carbonyl (C=O) groups excluding carboxylic acids is 2. The minimum Gasteiger partial charge on any atom is -0.481 e. The largest absolute Gasteiger partial charge is 0.481 e. The summed E-state index contributed by atoms with van der Waals surface area (Å²) in [7, 11) is 0. The molecule has 1 N–H and O–H groups in total. The van der Waals surface area contributed by atoms with Crippen LogP contribution in [-0.4, -0.2) is 58.4 Å². The maximum atomic E-state index is 12.1. The number of carbonyl (C=O) groups is 3. The van der Waals surface area contributed by atoms with Gasteiger partial charge in [-0.3, -0.25) is 14.4 Å². The molecule has 2 aliphatic rings. The van der Waals surface area contributed by atoms with E-state index in [1.165, 1.54) is 4.90 Å². The minimum atomic E-state index is -0.889. The fraction of sp³-hybridized carbons (Fsp3) is 0.769. The quantitative estimate of drug-likeness (QED) is 0.779. The fourth-order valence-corrected chi connectivity index (χ4v) is 2.55. The van der Waals surface area contributed by atoms with Crippen molar-refractivity contribution in [2.24, 2.45) is 5.92 Å². The molecule has 6 heteroatoms. The van der Waals surface area contributed by atoms with Gasteiger partial charge >= 0.3 is 5.97 Å². The summed E-state index contributed by atoms with van der Waals surface area (Å²) >= 11 is 0. The van der Waals surface area contributed by atoms with Gasteiger partial charge in [0.1, 0.15) is 0 Å². The average molecular weight is 268 g/mol. The van der Waals surface area contributed by atoms with Crippen LogP contribution in [0.4, 0.5) is 0 Å². The summed E-state index contributed by atoms with van der Waals surface area (Å²) in [5.74, 6) is -1.61. The van der Waals surface area contributed by atoms with Crippen molar-refractivity contribution in [2.75, 3.05) is 19.6 Å². The summed E-state index contributed by atoms with van der Waals surface area (Å²) in [4.78, 5) is 38.0. The van der Waals surface area contributed by atoms with E-state index in [1.807, 2.05) is 6.92 Å². The molecule has 106 valence electrons. The highest BCUT2D eigenvalue weighted by Crippen LogP contribution is 2.27. The molecule has 2 fully saturated rings. The minimum absolute atomic E-state index is 0.0208. The van der Waals surface area contributed by atoms with Crippen molar-refractivity contribution >= 4 is 17.8 Å². The van der Waals surface area contributed by atoms with Gasteiger partial charge in [-0.25, -0.2) is 0 Å². The van der Waals surface area contributed by atoms with E-state index in [0.717, 1.165) is 12.8 Å². The third kappa shape index (κ3) is 3.24. The first-order valence-corrected chi connectivity index (χ1v) is 6.83. The first-order valence-electron chi connectivity index (χ1n) is 6.83. The zero-order valence-corrected chi connectivity index (χ0v) is 11.2. The third-order valence-electron chi connectivity index (χ3n) is 3.82. The Hall–Kier alpha value is -1.59. The number of hydrogen-bond donors (Lipinski definition) is 1. The Morgan fingerprint density at radius 3 is 2.58 bits per heavy atom. The molecular weight excluding hydrogens is 248 g/mol. The van der Waals surface area contributed by atoms with Gasteiger partial charge in [-0.05, 0) is 26.2 Å². The van der Waals surface area contributed by atoms with E-state index in [1.54, 1.807) is 4.90 Å². The maximum Gasteiger partial charge on any atom is 0.308 e. The first-order chi connectivity index (χ1) is 9.02. The van der Waals surface area contributed by atoms with Gasteiger partial charge in [-0.2, -0.15) is 0 Å². The van der Waals surface area contributed by atoms with Crippen LogP contribution in [0.25, 0.3) is 0 Å². The lowest BCUT2D eigenvalue weighted by atomic mass is 9.98. The second kappa shape index (κ2) is 5.59. The Morgan fingerprint density at radius 2 is 2.05 bits per heavy atom. The van der Waals surface area contributed by atoms with E-state index in [-0.39, 0.29) is 31.3 Å². The molecule has 0 aromatic carbocycles. The lowest BCUT2D eigenvalue weighted by Gasteiger charge is -2.32. The maximum absolute atomic E-state index is 12.1. The van der Waals surface area contributed by atoms with Crippen LogP contribution >= 0.6 is 0 Å². The molecule has 0 spiro atoms. The smallest absolute Gasteiger partial charge is 0.308 e. The Labute approximate surface area is 112 Å². The van der Waals surface area contributed by atoms with Crippen LogP contribution < -0.4 is 0 Å². The van der Waals surface area contributed by atoms with Gasteiger partial charge in [0.05, 0.1) is 12.5 Å². The number of rotatable bonds is 5. The zero-order valence-electron chi connectivity index (χ0n) is 11.2. The van der Waals surface area contributed by atoms with E-state index in [2.05, 4.69) is 0 Å². The Morgan fingerprint density at radius 1 is 1.37 bits per heavy atom. The van der Waals surface area contributed by atoms with Crippen LogP contribution in [0.2, 0.25) is 0 Å². The van der Waals surface area contributed by atoms with Gasteiger partial charge < -0.3 is 14.9 Å². The normalized spacial score (nSPS) is 23.3. The summed E-state index contributed by atoms with van der Waals surface area (Å²) in [6, 6.07) is 0.327. The highest BCUT2D eigenvalue weighted by Gasteiger charge is 2.35. The van der Waals surface area contributed by atoms with Crippen molar-refractivity contribution < 1.29 is 19.5 Å². The number of likely N-dealkylation sites (N-methyl/N-ethyl adjacent to an activating group) is 1. The van der Waals surface area contributed by atoms with E-state index in [4.69, 9.17) is 5.11 Å². The SMILES string of the molecule is CCN(C(=O)CN1CC(C(=O)O)CCC1=O)C1CC1. The van der Waals surface area contributed by atoms with Crippen LogP contribution in [0.5, 0.6) is 0 Å². The predicted molar refractivity (Wildman–Crippen MR) is 67.3 cm³/mol. The van der Waals surface area contributed by atoms with E-state index in [9.17, 15) is 14.4 Å². The lowest BCUT2D eigenvalue weighted by Crippen LogP contribution is -2.48. The zero-order chi connectivity index (χ0) is 14.0. The molecule has 1 heterocycles. The fourth-order valence-electron chi connectivity index (χ4n) is 2.55. The molecule has 0 aromatic heterocycles. The lowest BCUT2D eigenvalue weighted by molar-refractivity contribution is -0.150. The molecular formula is C13H20N2O4. The molecule has 6 nitrogen and oxygen atoms in total. The average Bonchev–Trinajstić information content (AvgIpc) is 3.17. The van der Waals surface area contributed by atoms with Gasteiger partial charge in [0.15, 0.2) is 0 Å². The van der Waals surface area contributed by atoms with Crippen molar-refractivity contribution in [2.45, 2.75) is 38.6 Å². The van der Waals surface area contributed by atoms with Gasteiger partial charge in [0, 0.05) is 25.6 Å². The number of carboxylic acid groups (broad SMARTS) is 1. The summed E-state index contributed by atoms with van der Waals surface area (Å²) < 4.78 is 0. The monoisotopic (exact) mass is 268 g/mol. The topological polar surface area (TPSA) is 77.9 Å². The van der Waals surface area contributed by atoms with Gasteiger partial charge in [-0.15, -0.1) is 0 Å². The number of hydrogen-bond acceptors (Lipinski definition) is 3. The molecule has 0 aromatic rings. The molecule has 0 bridgehead atoms. The van der Waals surface area contributed by atoms with Gasteiger partial charge in [0.2, 0.25) is 11.8 Å². The van der Waals surface area contributed by atoms with Crippen LogP contribution in [-0.2, 0) is 14.4 Å². The number of amides is 2. The van der Waals surface area contributed by atoms with Crippen LogP contribution in [0.15, 0.2) is 0 Å². The van der Waals surface area contributed by atoms with E-state index in [0.29, 0.717) is 19.0 Å². The molecule has 0 radical (unpaired) electrons. The molecule has 1 aliphatic carbocycles. The van der Waals surface area contributed by atoms with Crippen molar-refractivity contribution in [1.29, 1.82) is 0 Å². The van der Waals surface area contributed by atoms with E-state index < -0.39 is 11.9 Å².